The van der Waals surface area contributed by atoms with Gasteiger partial charge in [0.2, 0.25) is 0 Å². The molecule has 1 saturated heterocycles. The van der Waals surface area contributed by atoms with E-state index < -0.39 is 12.8 Å². The van der Waals surface area contributed by atoms with Crippen LogP contribution in [0.2, 0.25) is 0 Å². The molecule has 0 aromatic heterocycles. The third-order valence-corrected chi connectivity index (χ3v) is 3.75. The number of hydrogen-bond acceptors (Lipinski definition) is 3. The molecule has 0 aromatic rings. The van der Waals surface area contributed by atoms with E-state index in [0.29, 0.717) is 18.6 Å². The van der Waals surface area contributed by atoms with Gasteiger partial charge in [-0.1, -0.05) is 13.3 Å². The second-order valence-corrected chi connectivity index (χ2v) is 5.51. The number of ether oxygens (including phenoxy) is 1. The minimum atomic E-state index is -4.22. The Labute approximate surface area is 119 Å². The van der Waals surface area contributed by atoms with E-state index >= 15 is 0 Å². The monoisotopic (exact) mass is 296 g/mol. The SMILES string of the molecule is CCCNC(C)C1CCCCN1CCOCC(F)(F)F. The van der Waals surface area contributed by atoms with Gasteiger partial charge in [0.1, 0.15) is 6.61 Å². The standard InChI is InChI=1S/C14H27F3N2O/c1-3-7-18-12(2)13-6-4-5-8-19(13)9-10-20-11-14(15,16)17/h12-13,18H,3-11H2,1-2H3. The van der Waals surface area contributed by atoms with Crippen molar-refractivity contribution >= 4 is 0 Å². The summed E-state index contributed by atoms with van der Waals surface area (Å²) in [6.45, 7) is 5.82. The molecular weight excluding hydrogens is 269 g/mol. The number of halogens is 3. The fourth-order valence-corrected chi connectivity index (χ4v) is 2.74. The van der Waals surface area contributed by atoms with Gasteiger partial charge in [0.15, 0.2) is 0 Å². The number of nitrogens with one attached hydrogen (secondary N) is 1. The van der Waals surface area contributed by atoms with Crippen molar-refractivity contribution in [3.8, 4) is 0 Å². The van der Waals surface area contributed by atoms with Crippen LogP contribution in [0.25, 0.3) is 0 Å². The third kappa shape index (κ3) is 6.90. The Kier molecular flexibility index (Phi) is 7.84. The van der Waals surface area contributed by atoms with Gasteiger partial charge in [0.25, 0.3) is 0 Å². The molecule has 1 N–H and O–H groups in total. The summed E-state index contributed by atoms with van der Waals surface area (Å²) in [7, 11) is 0. The zero-order valence-electron chi connectivity index (χ0n) is 12.5. The number of alkyl halides is 3. The van der Waals surface area contributed by atoms with Crippen molar-refractivity contribution in [1.82, 2.24) is 10.2 Å². The van der Waals surface area contributed by atoms with Crippen molar-refractivity contribution in [3.63, 3.8) is 0 Å². The highest BCUT2D eigenvalue weighted by molar-refractivity contribution is 4.84. The predicted octanol–water partition coefficient (Wildman–Crippen LogP) is 2.81. The Morgan fingerprint density at radius 3 is 2.75 bits per heavy atom. The second kappa shape index (κ2) is 8.85. The number of rotatable bonds is 8. The number of likely N-dealkylation sites (tertiary alicyclic amines) is 1. The van der Waals surface area contributed by atoms with Crippen molar-refractivity contribution in [2.75, 3.05) is 32.8 Å². The van der Waals surface area contributed by atoms with E-state index in [2.05, 4.69) is 24.1 Å². The van der Waals surface area contributed by atoms with Crippen LogP contribution < -0.4 is 5.32 Å². The number of hydrogen-bond donors (Lipinski definition) is 1. The van der Waals surface area contributed by atoms with Crippen LogP contribution >= 0.6 is 0 Å². The van der Waals surface area contributed by atoms with Crippen LogP contribution in [0.5, 0.6) is 0 Å². The van der Waals surface area contributed by atoms with Gasteiger partial charge >= 0.3 is 6.18 Å². The quantitative estimate of drug-likeness (QED) is 0.697. The van der Waals surface area contributed by atoms with E-state index in [1.807, 2.05) is 0 Å². The topological polar surface area (TPSA) is 24.5 Å². The van der Waals surface area contributed by atoms with E-state index in [4.69, 9.17) is 4.74 Å². The lowest BCUT2D eigenvalue weighted by molar-refractivity contribution is -0.175. The Balaban J connectivity index is 2.32. The average Bonchev–Trinajstić information content (AvgIpc) is 2.40. The molecule has 1 aliphatic rings. The summed E-state index contributed by atoms with van der Waals surface area (Å²) < 4.78 is 40.8. The van der Waals surface area contributed by atoms with Crippen molar-refractivity contribution in [1.29, 1.82) is 0 Å². The van der Waals surface area contributed by atoms with Gasteiger partial charge in [0, 0.05) is 18.6 Å². The second-order valence-electron chi connectivity index (χ2n) is 5.51. The molecule has 2 unspecified atom stereocenters. The van der Waals surface area contributed by atoms with Crippen LogP contribution in [-0.2, 0) is 4.74 Å². The lowest BCUT2D eigenvalue weighted by Crippen LogP contribution is -2.52. The molecule has 0 saturated carbocycles. The molecule has 1 heterocycles. The summed E-state index contributed by atoms with van der Waals surface area (Å²) in [5, 5.41) is 3.48. The summed E-state index contributed by atoms with van der Waals surface area (Å²) >= 11 is 0. The minimum absolute atomic E-state index is 0.149. The first-order valence-electron chi connectivity index (χ1n) is 7.56. The van der Waals surface area contributed by atoms with Crippen LogP contribution in [0.4, 0.5) is 13.2 Å². The first kappa shape index (κ1) is 17.7. The lowest BCUT2D eigenvalue weighted by atomic mass is 9.96. The van der Waals surface area contributed by atoms with E-state index in [1.165, 1.54) is 6.42 Å². The van der Waals surface area contributed by atoms with Gasteiger partial charge in [-0.15, -0.1) is 0 Å². The summed E-state index contributed by atoms with van der Waals surface area (Å²) in [5.41, 5.74) is 0. The van der Waals surface area contributed by atoms with Gasteiger partial charge in [0.05, 0.1) is 6.61 Å². The maximum atomic E-state index is 12.0. The molecule has 0 spiro atoms. The van der Waals surface area contributed by atoms with E-state index in [0.717, 1.165) is 32.4 Å². The molecule has 0 amide bonds. The lowest BCUT2D eigenvalue weighted by Gasteiger charge is -2.39. The molecule has 120 valence electrons. The fraction of sp³-hybridized carbons (Fsp3) is 1.00. The molecule has 1 rings (SSSR count). The van der Waals surface area contributed by atoms with E-state index in [9.17, 15) is 13.2 Å². The molecule has 1 aliphatic heterocycles. The van der Waals surface area contributed by atoms with Crippen molar-refractivity contribution in [2.45, 2.75) is 57.8 Å². The van der Waals surface area contributed by atoms with Gasteiger partial charge < -0.3 is 10.1 Å². The smallest absolute Gasteiger partial charge is 0.371 e. The number of piperidine rings is 1. The first-order valence-corrected chi connectivity index (χ1v) is 7.56. The molecule has 0 bridgehead atoms. The van der Waals surface area contributed by atoms with E-state index in [1.54, 1.807) is 0 Å². The molecule has 20 heavy (non-hydrogen) atoms. The Morgan fingerprint density at radius 1 is 1.35 bits per heavy atom. The van der Waals surface area contributed by atoms with E-state index in [-0.39, 0.29) is 6.61 Å². The minimum Gasteiger partial charge on any atom is -0.371 e. The van der Waals surface area contributed by atoms with Gasteiger partial charge in [-0.2, -0.15) is 13.2 Å². The van der Waals surface area contributed by atoms with Crippen LogP contribution in [-0.4, -0.2) is 56.0 Å². The largest absolute Gasteiger partial charge is 0.411 e. The van der Waals surface area contributed by atoms with Crippen molar-refractivity contribution < 1.29 is 17.9 Å². The Bertz CT molecular complexity index is 261. The predicted molar refractivity (Wildman–Crippen MR) is 73.8 cm³/mol. The maximum absolute atomic E-state index is 12.0. The highest BCUT2D eigenvalue weighted by Gasteiger charge is 2.29. The van der Waals surface area contributed by atoms with Crippen LogP contribution in [0.15, 0.2) is 0 Å². The Hall–Kier alpha value is -0.330. The number of nitrogens with zero attached hydrogens (tertiary/aromatic N) is 1. The first-order chi connectivity index (χ1) is 9.44. The van der Waals surface area contributed by atoms with Gasteiger partial charge in [-0.25, -0.2) is 0 Å². The molecule has 0 aromatic carbocycles. The van der Waals surface area contributed by atoms with Gasteiger partial charge in [-0.3, -0.25) is 4.90 Å². The van der Waals surface area contributed by atoms with Gasteiger partial charge in [-0.05, 0) is 39.3 Å². The molecule has 0 radical (unpaired) electrons. The zero-order valence-corrected chi connectivity index (χ0v) is 12.5. The summed E-state index contributed by atoms with van der Waals surface area (Å²) in [4.78, 5) is 2.27. The third-order valence-electron chi connectivity index (χ3n) is 3.75. The van der Waals surface area contributed by atoms with Crippen molar-refractivity contribution in [3.05, 3.63) is 0 Å². The molecule has 0 aliphatic carbocycles. The van der Waals surface area contributed by atoms with Crippen LogP contribution in [0.1, 0.15) is 39.5 Å². The molecule has 6 heteroatoms. The summed E-state index contributed by atoms with van der Waals surface area (Å²) in [6, 6.07) is 0.780. The normalized spacial score (nSPS) is 22.9. The summed E-state index contributed by atoms with van der Waals surface area (Å²) in [5.74, 6) is 0. The molecule has 1 fully saturated rings. The zero-order chi connectivity index (χ0) is 15.0. The summed E-state index contributed by atoms with van der Waals surface area (Å²) in [6.07, 6.45) is 0.291. The Morgan fingerprint density at radius 2 is 2.10 bits per heavy atom. The van der Waals surface area contributed by atoms with Crippen molar-refractivity contribution in [2.24, 2.45) is 0 Å². The highest BCUT2D eigenvalue weighted by Crippen LogP contribution is 2.20. The highest BCUT2D eigenvalue weighted by atomic mass is 19.4. The fourth-order valence-electron chi connectivity index (χ4n) is 2.74. The van der Waals surface area contributed by atoms with Crippen LogP contribution in [0, 0.1) is 0 Å². The molecular formula is C14H27F3N2O. The average molecular weight is 296 g/mol. The molecule has 2 atom stereocenters. The molecule has 3 nitrogen and oxygen atoms in total. The maximum Gasteiger partial charge on any atom is 0.411 e. The van der Waals surface area contributed by atoms with Crippen LogP contribution in [0.3, 0.4) is 0 Å².